The van der Waals surface area contributed by atoms with E-state index in [1.165, 1.54) is 51.4 Å². The average Bonchev–Trinajstić information content (AvgIpc) is 2.91. The molecule has 5 nitrogen and oxygen atoms in total. The summed E-state index contributed by atoms with van der Waals surface area (Å²) in [5.41, 5.74) is 0. The molecule has 0 bridgehead atoms. The normalized spacial score (nSPS) is 20.0. The van der Waals surface area contributed by atoms with Crippen LogP contribution in [0.15, 0.2) is 17.4 Å². The monoisotopic (exact) mass is 324 g/mol. The topological polar surface area (TPSA) is 72.7 Å². The number of hydrogen-bond donors (Lipinski definition) is 1. The molecule has 1 unspecified atom stereocenters. The van der Waals surface area contributed by atoms with E-state index in [4.69, 9.17) is 0 Å². The number of carbonyl (C=O) groups is 1. The Kier molecular flexibility index (Phi) is 9.80. The highest BCUT2D eigenvalue weighted by molar-refractivity contribution is 5.80. The lowest BCUT2D eigenvalue weighted by Crippen LogP contribution is -2.53. The maximum Gasteiger partial charge on any atom is 0.209 e. The molecule has 1 rings (SSSR count). The van der Waals surface area contributed by atoms with Gasteiger partial charge in [-0.15, -0.1) is 0 Å². The Hall–Kier alpha value is -1.20. The van der Waals surface area contributed by atoms with Gasteiger partial charge in [0.15, 0.2) is 6.73 Å². The first-order valence-corrected chi connectivity index (χ1v) is 9.07. The summed E-state index contributed by atoms with van der Waals surface area (Å²) in [6.07, 6.45) is 16.6. The molecule has 0 aromatic rings. The van der Waals surface area contributed by atoms with Gasteiger partial charge in [0.1, 0.15) is 12.7 Å². The van der Waals surface area contributed by atoms with Crippen LogP contribution in [0, 0.1) is 0 Å². The number of amidine groups is 1. The lowest BCUT2D eigenvalue weighted by molar-refractivity contribution is -0.804. The fraction of sp³-hybridized carbons (Fsp3) is 0.778. The molecular formula is C18H32N2O3. The molecule has 1 heterocycles. The summed E-state index contributed by atoms with van der Waals surface area (Å²) in [4.78, 5) is 15.1. The molecule has 1 atom stereocenters. The van der Waals surface area contributed by atoms with E-state index in [1.54, 1.807) is 12.4 Å². The molecule has 1 aliphatic heterocycles. The molecule has 1 N–H and O–H groups in total. The fourth-order valence-corrected chi connectivity index (χ4v) is 3.06. The summed E-state index contributed by atoms with van der Waals surface area (Å²) in [6, 6.07) is 0. The second kappa shape index (κ2) is 11.4. The minimum absolute atomic E-state index is 0.0975. The van der Waals surface area contributed by atoms with E-state index in [2.05, 4.69) is 11.9 Å². The Morgan fingerprint density at radius 2 is 1.65 bits per heavy atom. The number of unbranched alkanes of at least 4 members (excludes halogenated alkanes) is 9. The van der Waals surface area contributed by atoms with Crippen molar-refractivity contribution in [3.05, 3.63) is 12.4 Å². The van der Waals surface area contributed by atoms with E-state index < -0.39 is 5.97 Å². The number of aliphatic hydroxyl groups excluding tert-OH is 1. The molecule has 23 heavy (non-hydrogen) atoms. The number of carboxylic acids is 1. The van der Waals surface area contributed by atoms with Crippen molar-refractivity contribution in [2.75, 3.05) is 13.3 Å². The first kappa shape index (κ1) is 19.8. The Morgan fingerprint density at radius 1 is 1.09 bits per heavy atom. The number of aliphatic carboxylic acids is 1. The van der Waals surface area contributed by atoms with Gasteiger partial charge < -0.3 is 15.0 Å². The summed E-state index contributed by atoms with van der Waals surface area (Å²) in [5.74, 6) is -0.433. The van der Waals surface area contributed by atoms with Crippen LogP contribution < -0.4 is 5.11 Å². The smallest absolute Gasteiger partial charge is 0.209 e. The zero-order chi connectivity index (χ0) is 17.0. The predicted molar refractivity (Wildman–Crippen MR) is 90.3 cm³/mol. The molecule has 0 radical (unpaired) electrons. The van der Waals surface area contributed by atoms with Gasteiger partial charge in [-0.1, -0.05) is 64.7 Å². The zero-order valence-electron chi connectivity index (χ0n) is 14.5. The van der Waals surface area contributed by atoms with E-state index >= 15 is 0 Å². The van der Waals surface area contributed by atoms with Crippen LogP contribution in [-0.4, -0.2) is 34.7 Å². The number of aliphatic imine (C=N–C) groups is 1. The lowest BCUT2D eigenvalue weighted by Gasteiger charge is -2.30. The third-order valence-corrected chi connectivity index (χ3v) is 4.51. The van der Waals surface area contributed by atoms with Crippen molar-refractivity contribution in [3.63, 3.8) is 0 Å². The fourth-order valence-electron chi connectivity index (χ4n) is 3.06. The van der Waals surface area contributed by atoms with Crippen molar-refractivity contribution in [2.24, 2.45) is 4.99 Å². The quantitative estimate of drug-likeness (QED) is 0.394. The number of carbonyl (C=O) groups excluding carboxylic acids is 1. The van der Waals surface area contributed by atoms with Crippen molar-refractivity contribution in [1.82, 2.24) is 0 Å². The van der Waals surface area contributed by atoms with Crippen molar-refractivity contribution < 1.29 is 19.5 Å². The third kappa shape index (κ3) is 7.27. The van der Waals surface area contributed by atoms with Crippen LogP contribution in [0.1, 0.15) is 77.6 Å². The highest BCUT2D eigenvalue weighted by atomic mass is 16.4. The van der Waals surface area contributed by atoms with Crippen molar-refractivity contribution in [2.45, 2.75) is 77.6 Å². The second-order valence-electron chi connectivity index (χ2n) is 6.48. The highest BCUT2D eigenvalue weighted by Gasteiger charge is 2.34. The number of carboxylic acid groups (broad SMARTS) is 1. The summed E-state index contributed by atoms with van der Waals surface area (Å²) >= 11 is 0. The van der Waals surface area contributed by atoms with Gasteiger partial charge in [0.05, 0.1) is 12.2 Å². The summed E-state index contributed by atoms with van der Waals surface area (Å²) in [6.45, 7) is 1.71. The molecule has 0 aliphatic carbocycles. The highest BCUT2D eigenvalue weighted by Crippen LogP contribution is 2.20. The van der Waals surface area contributed by atoms with E-state index in [1.807, 2.05) is 0 Å². The minimum atomic E-state index is -1.17. The van der Waals surface area contributed by atoms with Crippen LogP contribution in [0.3, 0.4) is 0 Å². The Balaban J connectivity index is 2.12. The molecule has 1 aliphatic rings. The van der Waals surface area contributed by atoms with Crippen molar-refractivity contribution in [3.8, 4) is 0 Å². The van der Waals surface area contributed by atoms with Gasteiger partial charge in [-0.3, -0.25) is 0 Å². The van der Waals surface area contributed by atoms with Gasteiger partial charge in [0, 0.05) is 6.42 Å². The molecule has 5 heteroatoms. The summed E-state index contributed by atoms with van der Waals surface area (Å²) in [5, 5.41) is 20.4. The molecule has 0 amide bonds. The van der Waals surface area contributed by atoms with Crippen LogP contribution in [0.5, 0.6) is 0 Å². The Labute approximate surface area is 140 Å². The van der Waals surface area contributed by atoms with Crippen LogP contribution in [0.2, 0.25) is 0 Å². The van der Waals surface area contributed by atoms with Crippen LogP contribution in [0.25, 0.3) is 0 Å². The SMILES string of the molecule is CCCCCCCCCCCCC1=NC=C[N+]1(CO)CC(=O)[O-]. The number of aliphatic hydroxyl groups is 1. The first-order valence-electron chi connectivity index (χ1n) is 9.07. The predicted octanol–water partition coefficient (Wildman–Crippen LogP) is 2.70. The van der Waals surface area contributed by atoms with Crippen LogP contribution in [-0.2, 0) is 4.79 Å². The largest absolute Gasteiger partial charge is 0.544 e. The van der Waals surface area contributed by atoms with Gasteiger partial charge in [-0.05, 0) is 6.42 Å². The number of nitrogens with zero attached hydrogens (tertiary/aromatic N) is 2. The molecular weight excluding hydrogens is 292 g/mol. The average molecular weight is 324 g/mol. The van der Waals surface area contributed by atoms with Crippen molar-refractivity contribution >= 4 is 11.8 Å². The molecule has 0 spiro atoms. The molecule has 0 saturated heterocycles. The van der Waals surface area contributed by atoms with Gasteiger partial charge in [-0.2, -0.15) is 0 Å². The zero-order valence-corrected chi connectivity index (χ0v) is 14.5. The molecule has 0 fully saturated rings. The lowest BCUT2D eigenvalue weighted by atomic mass is 10.1. The van der Waals surface area contributed by atoms with Crippen molar-refractivity contribution in [1.29, 1.82) is 0 Å². The Bertz CT molecular complexity index is 407. The minimum Gasteiger partial charge on any atom is -0.544 e. The molecule has 0 aromatic carbocycles. The number of hydrogen-bond acceptors (Lipinski definition) is 4. The third-order valence-electron chi connectivity index (χ3n) is 4.51. The van der Waals surface area contributed by atoms with Crippen LogP contribution in [0.4, 0.5) is 0 Å². The van der Waals surface area contributed by atoms with E-state index in [0.29, 0.717) is 0 Å². The van der Waals surface area contributed by atoms with E-state index in [9.17, 15) is 15.0 Å². The first-order chi connectivity index (χ1) is 11.1. The number of quaternary nitrogens is 1. The van der Waals surface area contributed by atoms with Gasteiger partial charge in [0.2, 0.25) is 5.84 Å². The second-order valence-corrected chi connectivity index (χ2v) is 6.48. The van der Waals surface area contributed by atoms with E-state index in [-0.39, 0.29) is 17.8 Å². The standard InChI is InChI=1S/C18H32N2O3/c1-2-3-4-5-6-7-8-9-10-11-12-17-19-13-14-20(17,16-21)15-18(22)23/h13-14,21H,2-12,15-16H2,1H3. The molecule has 0 saturated carbocycles. The van der Waals surface area contributed by atoms with Crippen LogP contribution >= 0.6 is 0 Å². The Morgan fingerprint density at radius 3 is 2.17 bits per heavy atom. The summed E-state index contributed by atoms with van der Waals surface area (Å²) in [7, 11) is 0. The van der Waals surface area contributed by atoms with Gasteiger partial charge in [-0.25, -0.2) is 9.48 Å². The van der Waals surface area contributed by atoms with E-state index in [0.717, 1.165) is 25.1 Å². The van der Waals surface area contributed by atoms with Gasteiger partial charge >= 0.3 is 0 Å². The maximum absolute atomic E-state index is 10.9. The van der Waals surface area contributed by atoms with Gasteiger partial charge in [0.25, 0.3) is 0 Å². The summed E-state index contributed by atoms with van der Waals surface area (Å²) < 4.78 is -0.0975. The molecule has 132 valence electrons. The maximum atomic E-state index is 10.9. The molecule has 0 aromatic heterocycles. The number of rotatable bonds is 14.